The summed E-state index contributed by atoms with van der Waals surface area (Å²) in [7, 11) is 2.50. The molecule has 0 bridgehead atoms. The van der Waals surface area contributed by atoms with Gasteiger partial charge in [0.15, 0.2) is 0 Å². The maximum atomic E-state index is 12.7. The van der Waals surface area contributed by atoms with Gasteiger partial charge in [0.25, 0.3) is 0 Å². The number of rotatable bonds is 4. The lowest BCUT2D eigenvalue weighted by Crippen LogP contribution is -2.48. The molecule has 0 atom stereocenters. The number of carbonyl (C=O) groups excluding carboxylic acids is 3. The standard InChI is InChI=1S/C22H24ClN3O5/c1-15(27)24-10-12-25(13-11-24)18-8-7-16(23)14-19(18)26-9-5-4-6-17(21(28)30-2)20(26)22(29)31-3/h4-9,14H,10-13H2,1-3H3. The van der Waals surface area contributed by atoms with E-state index in [2.05, 4.69) is 4.90 Å². The Hall–Kier alpha value is -3.26. The zero-order chi connectivity index (χ0) is 22.5. The van der Waals surface area contributed by atoms with Gasteiger partial charge >= 0.3 is 11.9 Å². The van der Waals surface area contributed by atoms with Gasteiger partial charge in [-0.25, -0.2) is 9.59 Å². The Kier molecular flexibility index (Phi) is 7.02. The Bertz CT molecular complexity index is 977. The van der Waals surface area contributed by atoms with Crippen molar-refractivity contribution >= 4 is 40.8 Å². The van der Waals surface area contributed by atoms with Crippen molar-refractivity contribution in [3.8, 4) is 0 Å². The second-order valence-electron chi connectivity index (χ2n) is 6.94. The highest BCUT2D eigenvalue weighted by Gasteiger charge is 2.30. The van der Waals surface area contributed by atoms with Crippen LogP contribution in [0.15, 0.2) is 53.9 Å². The minimum Gasteiger partial charge on any atom is -0.465 e. The van der Waals surface area contributed by atoms with Gasteiger partial charge in [-0.05, 0) is 30.4 Å². The number of anilines is 2. The molecular weight excluding hydrogens is 422 g/mol. The molecule has 164 valence electrons. The molecule has 2 heterocycles. The number of halogens is 1. The van der Waals surface area contributed by atoms with Crippen molar-refractivity contribution in [3.05, 3.63) is 58.9 Å². The Balaban J connectivity index is 2.10. The molecule has 0 aromatic heterocycles. The Morgan fingerprint density at radius 3 is 2.23 bits per heavy atom. The molecule has 2 aliphatic rings. The first-order valence-corrected chi connectivity index (χ1v) is 10.1. The van der Waals surface area contributed by atoms with Crippen LogP contribution in [0.3, 0.4) is 0 Å². The van der Waals surface area contributed by atoms with Crippen LogP contribution in [0.25, 0.3) is 0 Å². The lowest BCUT2D eigenvalue weighted by atomic mass is 10.1. The molecule has 8 nitrogen and oxygen atoms in total. The molecule has 0 unspecified atom stereocenters. The summed E-state index contributed by atoms with van der Waals surface area (Å²) in [4.78, 5) is 42.3. The highest BCUT2D eigenvalue weighted by atomic mass is 35.5. The fourth-order valence-corrected chi connectivity index (χ4v) is 3.74. The van der Waals surface area contributed by atoms with Gasteiger partial charge < -0.3 is 24.2 Å². The Morgan fingerprint density at radius 2 is 1.61 bits per heavy atom. The molecule has 3 rings (SSSR count). The molecule has 31 heavy (non-hydrogen) atoms. The largest absolute Gasteiger partial charge is 0.465 e. The molecule has 0 N–H and O–H groups in total. The predicted octanol–water partition coefficient (Wildman–Crippen LogP) is 2.50. The summed E-state index contributed by atoms with van der Waals surface area (Å²) in [6.07, 6.45) is 6.52. The normalized spacial score (nSPS) is 16.3. The first kappa shape index (κ1) is 22.4. The maximum absolute atomic E-state index is 12.7. The van der Waals surface area contributed by atoms with Gasteiger partial charge in [-0.1, -0.05) is 17.7 Å². The molecule has 0 saturated carbocycles. The summed E-state index contributed by atoms with van der Waals surface area (Å²) in [6.45, 7) is 3.96. The van der Waals surface area contributed by atoms with Crippen molar-refractivity contribution in [2.24, 2.45) is 0 Å². The van der Waals surface area contributed by atoms with Crippen molar-refractivity contribution in [2.75, 3.05) is 50.2 Å². The zero-order valence-electron chi connectivity index (χ0n) is 17.6. The third-order valence-electron chi connectivity index (χ3n) is 5.15. The summed E-state index contributed by atoms with van der Waals surface area (Å²) < 4.78 is 9.85. The lowest BCUT2D eigenvalue weighted by molar-refractivity contribution is -0.139. The van der Waals surface area contributed by atoms with Crippen molar-refractivity contribution in [1.82, 2.24) is 4.90 Å². The molecule has 1 aromatic rings. The predicted molar refractivity (Wildman–Crippen MR) is 118 cm³/mol. The first-order valence-electron chi connectivity index (χ1n) is 9.72. The minimum atomic E-state index is -0.691. The molecular formula is C22H24ClN3O5. The van der Waals surface area contributed by atoms with Crippen LogP contribution in [0.5, 0.6) is 0 Å². The van der Waals surface area contributed by atoms with Crippen molar-refractivity contribution in [1.29, 1.82) is 0 Å². The number of methoxy groups -OCH3 is 2. The van der Waals surface area contributed by atoms with Gasteiger partial charge in [0.05, 0.1) is 31.2 Å². The third kappa shape index (κ3) is 4.74. The molecule has 1 fully saturated rings. The molecule has 1 amide bonds. The van der Waals surface area contributed by atoms with Gasteiger partial charge in [-0.2, -0.15) is 0 Å². The SMILES string of the molecule is COC(=O)C1=C(C(=O)OC)N(c2cc(Cl)ccc2N2CCN(C(C)=O)CC2)C=CC=C1. The van der Waals surface area contributed by atoms with Crippen molar-refractivity contribution < 1.29 is 23.9 Å². The first-order chi connectivity index (χ1) is 14.9. The fourth-order valence-electron chi connectivity index (χ4n) is 3.57. The quantitative estimate of drug-likeness (QED) is 0.659. The number of hydrogen-bond donors (Lipinski definition) is 0. The van der Waals surface area contributed by atoms with Gasteiger partial charge in [0, 0.05) is 44.3 Å². The highest BCUT2D eigenvalue weighted by Crippen LogP contribution is 2.37. The number of piperazine rings is 1. The Morgan fingerprint density at radius 1 is 0.935 bits per heavy atom. The smallest absolute Gasteiger partial charge is 0.355 e. The highest BCUT2D eigenvalue weighted by molar-refractivity contribution is 6.31. The van der Waals surface area contributed by atoms with Crippen LogP contribution in [0, 0.1) is 0 Å². The number of amides is 1. The maximum Gasteiger partial charge on any atom is 0.355 e. The minimum absolute atomic E-state index is 0.0187. The fraction of sp³-hybridized carbons (Fsp3) is 0.318. The van der Waals surface area contributed by atoms with E-state index in [1.165, 1.54) is 20.3 Å². The van der Waals surface area contributed by atoms with E-state index >= 15 is 0 Å². The number of esters is 2. The van der Waals surface area contributed by atoms with Gasteiger partial charge in [0.1, 0.15) is 5.70 Å². The van der Waals surface area contributed by atoms with Crippen molar-refractivity contribution in [3.63, 3.8) is 0 Å². The van der Waals surface area contributed by atoms with Crippen LogP contribution < -0.4 is 9.80 Å². The average molecular weight is 446 g/mol. The van der Waals surface area contributed by atoms with Gasteiger partial charge in [-0.15, -0.1) is 0 Å². The summed E-state index contributed by atoms with van der Waals surface area (Å²) in [5.74, 6) is -1.32. The zero-order valence-corrected chi connectivity index (χ0v) is 18.4. The van der Waals surface area contributed by atoms with Gasteiger partial charge in [0.2, 0.25) is 5.91 Å². The number of benzene rings is 1. The van der Waals surface area contributed by atoms with E-state index in [0.29, 0.717) is 36.9 Å². The number of hydrogen-bond acceptors (Lipinski definition) is 7. The topological polar surface area (TPSA) is 79.4 Å². The molecule has 9 heteroatoms. The second kappa shape index (κ2) is 9.70. The summed E-state index contributed by atoms with van der Waals surface area (Å²) in [6, 6.07) is 5.35. The van der Waals surface area contributed by atoms with Crippen LogP contribution >= 0.6 is 11.6 Å². The number of allylic oxidation sites excluding steroid dienone is 2. The van der Waals surface area contributed by atoms with E-state index < -0.39 is 11.9 Å². The summed E-state index contributed by atoms with van der Waals surface area (Å²) in [5, 5.41) is 0.468. The van der Waals surface area contributed by atoms with Gasteiger partial charge in [-0.3, -0.25) is 4.79 Å². The second-order valence-corrected chi connectivity index (χ2v) is 7.38. The van der Waals surface area contributed by atoms with Crippen LogP contribution in [-0.4, -0.2) is 63.1 Å². The van der Waals surface area contributed by atoms with E-state index in [1.807, 2.05) is 6.07 Å². The van der Waals surface area contributed by atoms with E-state index in [0.717, 1.165) is 5.69 Å². The molecule has 0 aliphatic carbocycles. The van der Waals surface area contributed by atoms with Crippen LogP contribution in [0.1, 0.15) is 6.92 Å². The van der Waals surface area contributed by atoms with Crippen molar-refractivity contribution in [2.45, 2.75) is 6.92 Å². The van der Waals surface area contributed by atoms with Crippen LogP contribution in [-0.2, 0) is 23.9 Å². The molecule has 2 aliphatic heterocycles. The molecule has 0 spiro atoms. The third-order valence-corrected chi connectivity index (χ3v) is 5.39. The van der Waals surface area contributed by atoms with Crippen LogP contribution in [0.4, 0.5) is 11.4 Å². The van der Waals surface area contributed by atoms with E-state index in [-0.39, 0.29) is 17.2 Å². The lowest BCUT2D eigenvalue weighted by Gasteiger charge is -2.38. The average Bonchev–Trinajstić information content (AvgIpc) is 3.01. The monoisotopic (exact) mass is 445 g/mol. The summed E-state index contributed by atoms with van der Waals surface area (Å²) >= 11 is 6.31. The molecule has 1 aromatic carbocycles. The molecule has 1 saturated heterocycles. The number of carbonyl (C=O) groups is 3. The number of nitrogens with zero attached hydrogens (tertiary/aromatic N) is 3. The van der Waals surface area contributed by atoms with E-state index in [1.54, 1.807) is 47.2 Å². The van der Waals surface area contributed by atoms with Crippen LogP contribution in [0.2, 0.25) is 5.02 Å². The summed E-state index contributed by atoms with van der Waals surface area (Å²) in [5.41, 5.74) is 1.49. The van der Waals surface area contributed by atoms with E-state index in [9.17, 15) is 14.4 Å². The molecule has 0 radical (unpaired) electrons. The Labute approximate surface area is 185 Å². The number of ether oxygens (including phenoxy) is 2. The van der Waals surface area contributed by atoms with E-state index in [4.69, 9.17) is 21.1 Å².